The molecule has 1 aromatic rings. The molecule has 9 nitrogen and oxygen atoms in total. The minimum Gasteiger partial charge on any atom is -0.308 e. The van der Waals surface area contributed by atoms with Crippen molar-refractivity contribution in [2.75, 3.05) is 45.6 Å². The second kappa shape index (κ2) is 8.04. The minimum atomic E-state index is -3.71. The number of nitrogens with one attached hydrogen (secondary N) is 1. The monoisotopic (exact) mass is 390 g/mol. The largest absolute Gasteiger partial charge is 0.308 e. The summed E-state index contributed by atoms with van der Waals surface area (Å²) in [4.78, 5) is 15.5. The first-order valence-electron chi connectivity index (χ1n) is 8.13. The van der Waals surface area contributed by atoms with Gasteiger partial charge in [-0.1, -0.05) is 11.3 Å². The Labute approximate surface area is 153 Å². The van der Waals surface area contributed by atoms with Gasteiger partial charge in [0.1, 0.15) is 0 Å². The fourth-order valence-electron chi connectivity index (χ4n) is 2.89. The van der Waals surface area contributed by atoms with Gasteiger partial charge < -0.3 is 10.2 Å². The van der Waals surface area contributed by atoms with Crippen molar-refractivity contribution in [3.63, 3.8) is 0 Å². The number of nitrogens with zero attached hydrogens (tertiary/aromatic N) is 5. The first-order chi connectivity index (χ1) is 11.6. The molecule has 25 heavy (non-hydrogen) atoms. The maximum Gasteiger partial charge on any atom is 0.272 e. The first-order valence-corrected chi connectivity index (χ1v) is 10.4. The third-order valence-electron chi connectivity index (χ3n) is 4.12. The lowest BCUT2D eigenvalue weighted by molar-refractivity contribution is -0.114. The van der Waals surface area contributed by atoms with Crippen LogP contribution in [-0.2, 0) is 14.8 Å². The van der Waals surface area contributed by atoms with Crippen LogP contribution >= 0.6 is 11.3 Å². The molecule has 142 valence electrons. The number of amides is 1. The number of piperazine rings is 1. The van der Waals surface area contributed by atoms with Crippen LogP contribution < -0.4 is 5.32 Å². The summed E-state index contributed by atoms with van der Waals surface area (Å²) in [7, 11) is 0.344. The van der Waals surface area contributed by atoms with Crippen LogP contribution in [-0.4, -0.2) is 91.0 Å². The van der Waals surface area contributed by atoms with Gasteiger partial charge in [0.05, 0.1) is 0 Å². The molecule has 2 atom stereocenters. The Balaban J connectivity index is 2.10. The summed E-state index contributed by atoms with van der Waals surface area (Å²) in [6.07, 6.45) is 0. The molecule has 1 N–H and O–H groups in total. The molecule has 1 saturated heterocycles. The second-order valence-corrected chi connectivity index (χ2v) is 9.70. The zero-order valence-corrected chi connectivity index (χ0v) is 16.9. The molecule has 1 amide bonds. The predicted octanol–water partition coefficient (Wildman–Crippen LogP) is 0.141. The van der Waals surface area contributed by atoms with Gasteiger partial charge in [-0.05, 0) is 27.9 Å². The van der Waals surface area contributed by atoms with Crippen molar-refractivity contribution >= 4 is 32.4 Å². The van der Waals surface area contributed by atoms with E-state index in [1.807, 2.05) is 27.9 Å². The van der Waals surface area contributed by atoms with Gasteiger partial charge in [0.25, 0.3) is 10.0 Å². The topological polar surface area (TPSA) is 98.7 Å². The Morgan fingerprint density at radius 1 is 1.28 bits per heavy atom. The number of carbonyl (C=O) groups is 1. The standard InChI is InChI=1S/C14H26N6O3S2/c1-10-8-19(9-11(2)20(10)7-6-18(4)5)25(22,23)14-17-16-13(24-14)15-12(3)21/h10-11H,6-9H2,1-5H3,(H,15,16,21). The van der Waals surface area contributed by atoms with Gasteiger partial charge in [0.2, 0.25) is 15.4 Å². The van der Waals surface area contributed by atoms with E-state index in [-0.39, 0.29) is 27.5 Å². The number of sulfonamides is 1. The van der Waals surface area contributed by atoms with Gasteiger partial charge in [-0.3, -0.25) is 9.69 Å². The van der Waals surface area contributed by atoms with E-state index in [2.05, 4.69) is 25.3 Å². The van der Waals surface area contributed by atoms with Crippen LogP contribution in [0.15, 0.2) is 4.34 Å². The van der Waals surface area contributed by atoms with Crippen LogP contribution in [0.25, 0.3) is 0 Å². The Morgan fingerprint density at radius 3 is 2.40 bits per heavy atom. The molecule has 1 fully saturated rings. The van der Waals surface area contributed by atoms with E-state index in [1.54, 1.807) is 0 Å². The Hall–Kier alpha value is -1.14. The number of rotatable bonds is 6. The third-order valence-corrected chi connectivity index (χ3v) is 7.14. The second-order valence-electron chi connectivity index (χ2n) is 6.62. The summed E-state index contributed by atoms with van der Waals surface area (Å²) in [5.74, 6) is -0.308. The lowest BCUT2D eigenvalue weighted by Crippen LogP contribution is -2.58. The molecule has 0 saturated carbocycles. The highest BCUT2D eigenvalue weighted by molar-refractivity contribution is 7.91. The molecule has 0 radical (unpaired) electrons. The summed E-state index contributed by atoms with van der Waals surface area (Å²) < 4.78 is 27.1. The van der Waals surface area contributed by atoms with Crippen LogP contribution in [0.1, 0.15) is 20.8 Å². The van der Waals surface area contributed by atoms with Crippen LogP contribution in [0.2, 0.25) is 0 Å². The molecule has 0 aromatic carbocycles. The number of likely N-dealkylation sites (N-methyl/N-ethyl adjacent to an activating group) is 1. The van der Waals surface area contributed by atoms with E-state index < -0.39 is 10.0 Å². The quantitative estimate of drug-likeness (QED) is 0.690. The highest BCUT2D eigenvalue weighted by atomic mass is 32.2. The fraction of sp³-hybridized carbons (Fsp3) is 0.786. The van der Waals surface area contributed by atoms with Gasteiger partial charge in [-0.15, -0.1) is 10.2 Å². The van der Waals surface area contributed by atoms with Crippen molar-refractivity contribution in [3.05, 3.63) is 0 Å². The van der Waals surface area contributed by atoms with E-state index in [9.17, 15) is 13.2 Å². The zero-order valence-electron chi connectivity index (χ0n) is 15.3. The fourth-order valence-corrected chi connectivity index (χ4v) is 5.57. The molecule has 0 spiro atoms. The van der Waals surface area contributed by atoms with E-state index in [4.69, 9.17) is 0 Å². The highest BCUT2D eigenvalue weighted by Crippen LogP contribution is 2.26. The van der Waals surface area contributed by atoms with E-state index >= 15 is 0 Å². The molecule has 0 bridgehead atoms. The molecule has 0 aliphatic carbocycles. The average molecular weight is 391 g/mol. The Morgan fingerprint density at radius 2 is 1.88 bits per heavy atom. The van der Waals surface area contributed by atoms with Gasteiger partial charge in [-0.2, -0.15) is 4.31 Å². The lowest BCUT2D eigenvalue weighted by Gasteiger charge is -2.43. The molecule has 11 heteroatoms. The van der Waals surface area contributed by atoms with Gasteiger partial charge in [0.15, 0.2) is 0 Å². The van der Waals surface area contributed by atoms with Crippen molar-refractivity contribution in [2.45, 2.75) is 37.2 Å². The normalized spacial score (nSPS) is 23.1. The van der Waals surface area contributed by atoms with E-state index in [1.165, 1.54) is 11.2 Å². The molecule has 1 aromatic heterocycles. The molecular weight excluding hydrogens is 364 g/mol. The van der Waals surface area contributed by atoms with Gasteiger partial charge in [-0.25, -0.2) is 8.42 Å². The molecule has 2 rings (SSSR count). The summed E-state index contributed by atoms with van der Waals surface area (Å²) in [5.41, 5.74) is 0. The molecule has 1 aliphatic heterocycles. The molecular formula is C14H26N6O3S2. The Kier molecular flexibility index (Phi) is 6.49. The van der Waals surface area contributed by atoms with Gasteiger partial charge >= 0.3 is 0 Å². The summed E-state index contributed by atoms with van der Waals surface area (Å²) in [5, 5.41) is 10.1. The van der Waals surface area contributed by atoms with Crippen molar-refractivity contribution < 1.29 is 13.2 Å². The zero-order chi connectivity index (χ0) is 18.8. The van der Waals surface area contributed by atoms with Gasteiger partial charge in [0, 0.05) is 45.2 Å². The van der Waals surface area contributed by atoms with Crippen molar-refractivity contribution in [2.24, 2.45) is 0 Å². The lowest BCUT2D eigenvalue weighted by atomic mass is 10.1. The average Bonchev–Trinajstić information content (AvgIpc) is 2.94. The van der Waals surface area contributed by atoms with Crippen molar-refractivity contribution in [1.29, 1.82) is 0 Å². The van der Waals surface area contributed by atoms with Crippen molar-refractivity contribution in [3.8, 4) is 0 Å². The summed E-state index contributed by atoms with van der Waals surface area (Å²) in [6.45, 7) is 8.07. The minimum absolute atomic E-state index is 0.0857. The maximum atomic E-state index is 12.8. The van der Waals surface area contributed by atoms with Crippen LogP contribution in [0.5, 0.6) is 0 Å². The summed E-state index contributed by atoms with van der Waals surface area (Å²) in [6, 6.07) is 0.224. The summed E-state index contributed by atoms with van der Waals surface area (Å²) >= 11 is 0.875. The third kappa shape index (κ3) is 4.94. The smallest absolute Gasteiger partial charge is 0.272 e. The van der Waals surface area contributed by atoms with E-state index in [0.717, 1.165) is 24.4 Å². The number of carbonyl (C=O) groups excluding carboxylic acids is 1. The van der Waals surface area contributed by atoms with Crippen LogP contribution in [0.3, 0.4) is 0 Å². The predicted molar refractivity (Wildman–Crippen MR) is 97.2 cm³/mol. The van der Waals surface area contributed by atoms with Crippen LogP contribution in [0, 0.1) is 0 Å². The molecule has 1 aliphatic rings. The highest BCUT2D eigenvalue weighted by Gasteiger charge is 2.37. The SMILES string of the molecule is CC(=O)Nc1nnc(S(=O)(=O)N2CC(C)N(CCN(C)C)C(C)C2)s1. The number of aromatic nitrogens is 2. The number of hydrogen-bond donors (Lipinski definition) is 1. The molecule has 2 unspecified atom stereocenters. The number of anilines is 1. The van der Waals surface area contributed by atoms with Crippen molar-refractivity contribution in [1.82, 2.24) is 24.3 Å². The maximum absolute atomic E-state index is 12.8. The Bertz CT molecular complexity index is 693. The first kappa shape index (κ1) is 20.2. The number of hydrogen-bond acceptors (Lipinski definition) is 8. The molecule has 2 heterocycles. The van der Waals surface area contributed by atoms with Crippen LogP contribution in [0.4, 0.5) is 5.13 Å². The van der Waals surface area contributed by atoms with E-state index in [0.29, 0.717) is 13.1 Å².